The summed E-state index contributed by atoms with van der Waals surface area (Å²) in [7, 11) is 0. The molecular weight excluding hydrogens is 336 g/mol. The highest BCUT2D eigenvalue weighted by molar-refractivity contribution is 5.50. The predicted molar refractivity (Wildman–Crippen MR) is 110 cm³/mol. The van der Waals surface area contributed by atoms with Crippen molar-refractivity contribution in [3.63, 3.8) is 0 Å². The fourth-order valence-corrected chi connectivity index (χ4v) is 2.87. The van der Waals surface area contributed by atoms with Crippen molar-refractivity contribution in [3.8, 4) is 11.5 Å². The zero-order valence-electron chi connectivity index (χ0n) is 15.3. The molecule has 0 heterocycles. The van der Waals surface area contributed by atoms with E-state index in [-0.39, 0.29) is 0 Å². The highest BCUT2D eigenvalue weighted by Crippen LogP contribution is 2.31. The molecule has 3 rings (SSSR count). The Hall–Kier alpha value is -3.14. The van der Waals surface area contributed by atoms with E-state index < -0.39 is 6.10 Å². The van der Waals surface area contributed by atoms with Crippen LogP contribution < -0.4 is 4.74 Å². The second-order valence-electron chi connectivity index (χ2n) is 6.26. The lowest BCUT2D eigenvalue weighted by atomic mass is 9.98. The van der Waals surface area contributed by atoms with Gasteiger partial charge >= 0.3 is 0 Å². The largest absolute Gasteiger partial charge is 0.457 e. The summed E-state index contributed by atoms with van der Waals surface area (Å²) < 4.78 is 5.96. The number of hydrogen-bond acceptors (Lipinski definition) is 3. The Kier molecular flexibility index (Phi) is 5.87. The maximum absolute atomic E-state index is 9.44. The van der Waals surface area contributed by atoms with E-state index in [0.29, 0.717) is 0 Å². The third-order valence-electron chi connectivity index (χ3n) is 4.43. The van der Waals surface area contributed by atoms with Gasteiger partial charge in [-0.15, -0.1) is 0 Å². The molecule has 0 saturated heterocycles. The minimum absolute atomic E-state index is 0.566. The Bertz CT molecular complexity index is 925. The summed E-state index contributed by atoms with van der Waals surface area (Å²) in [4.78, 5) is 4.76. The van der Waals surface area contributed by atoms with E-state index >= 15 is 0 Å². The van der Waals surface area contributed by atoms with Crippen LogP contribution in [0.1, 0.15) is 33.9 Å². The summed E-state index contributed by atoms with van der Waals surface area (Å²) in [6, 6.07) is 21.2. The van der Waals surface area contributed by atoms with Gasteiger partial charge in [-0.2, -0.15) is 0 Å². The predicted octanol–water partition coefficient (Wildman–Crippen LogP) is 6.65. The fraction of sp³-hybridized carbons (Fsp3) is 0.0833. The van der Waals surface area contributed by atoms with Crippen LogP contribution in [0.4, 0.5) is 0 Å². The molecule has 0 aliphatic heterocycles. The highest BCUT2D eigenvalue weighted by Gasteiger charge is 2.16. The molecule has 3 heteroatoms. The molecule has 1 unspecified atom stereocenters. The highest BCUT2D eigenvalue weighted by atomic mass is 17.1. The van der Waals surface area contributed by atoms with Crippen LogP contribution in [0.15, 0.2) is 79.9 Å². The third-order valence-corrected chi connectivity index (χ3v) is 4.43. The van der Waals surface area contributed by atoms with Crippen LogP contribution in [0.3, 0.4) is 0 Å². The number of ether oxygens (including phenoxy) is 1. The maximum Gasteiger partial charge on any atom is 0.143 e. The molecule has 3 nitrogen and oxygen atoms in total. The van der Waals surface area contributed by atoms with E-state index in [9.17, 15) is 5.26 Å². The van der Waals surface area contributed by atoms with Crippen molar-refractivity contribution in [1.29, 1.82) is 0 Å². The first-order valence-electron chi connectivity index (χ1n) is 8.68. The van der Waals surface area contributed by atoms with Crippen molar-refractivity contribution in [2.45, 2.75) is 13.0 Å². The number of aryl methyl sites for hydroxylation is 1. The lowest BCUT2D eigenvalue weighted by Crippen LogP contribution is -2.04. The van der Waals surface area contributed by atoms with Gasteiger partial charge in [0, 0.05) is 0 Å². The first-order valence-corrected chi connectivity index (χ1v) is 8.68. The van der Waals surface area contributed by atoms with E-state index in [1.165, 1.54) is 0 Å². The molecule has 0 aromatic heterocycles. The molecule has 0 aliphatic rings. The summed E-state index contributed by atoms with van der Waals surface area (Å²) in [6.07, 6.45) is 3.00. The lowest BCUT2D eigenvalue weighted by molar-refractivity contribution is -0.270. The van der Waals surface area contributed by atoms with Gasteiger partial charge in [0.1, 0.15) is 17.6 Å². The minimum atomic E-state index is -0.566. The molecule has 0 fully saturated rings. The summed E-state index contributed by atoms with van der Waals surface area (Å²) in [5.41, 5.74) is 4.70. The zero-order chi connectivity index (χ0) is 19.2. The second kappa shape index (κ2) is 8.49. The smallest absolute Gasteiger partial charge is 0.143 e. The van der Waals surface area contributed by atoms with Gasteiger partial charge in [-0.1, -0.05) is 67.8 Å². The van der Waals surface area contributed by atoms with E-state index in [2.05, 4.69) is 13.2 Å². The molecule has 0 radical (unpaired) electrons. The second-order valence-corrected chi connectivity index (χ2v) is 6.26. The molecule has 3 aromatic rings. The van der Waals surface area contributed by atoms with Gasteiger partial charge in [-0.25, -0.2) is 4.89 Å². The van der Waals surface area contributed by atoms with Crippen molar-refractivity contribution in [3.05, 3.63) is 108 Å². The van der Waals surface area contributed by atoms with Crippen LogP contribution in [-0.4, -0.2) is 5.26 Å². The molecule has 27 heavy (non-hydrogen) atoms. The van der Waals surface area contributed by atoms with E-state index in [0.717, 1.165) is 39.3 Å². The topological polar surface area (TPSA) is 38.7 Å². The molecule has 0 aliphatic carbocycles. The molecular formula is C24H22O3. The van der Waals surface area contributed by atoms with Gasteiger partial charge in [-0.05, 0) is 59.0 Å². The Morgan fingerprint density at radius 2 is 1.37 bits per heavy atom. The molecule has 1 N–H and O–H groups in total. The van der Waals surface area contributed by atoms with Crippen LogP contribution in [-0.2, 0) is 4.89 Å². The third kappa shape index (κ3) is 4.34. The molecule has 0 bridgehead atoms. The molecule has 0 amide bonds. The molecule has 0 spiro atoms. The van der Waals surface area contributed by atoms with Crippen LogP contribution in [0.2, 0.25) is 0 Å². The Morgan fingerprint density at radius 3 is 1.89 bits per heavy atom. The summed E-state index contributed by atoms with van der Waals surface area (Å²) in [5, 5.41) is 9.44. The van der Waals surface area contributed by atoms with E-state index in [1.54, 1.807) is 12.2 Å². The van der Waals surface area contributed by atoms with Crippen molar-refractivity contribution >= 4 is 12.2 Å². The SMILES string of the molecule is C=Cc1ccc(Oc2ccc(C(OO)c3ccc(C=C)cc3)cc2C)cc1. The maximum atomic E-state index is 9.44. The van der Waals surface area contributed by atoms with Gasteiger partial charge in [-0.3, -0.25) is 5.26 Å². The van der Waals surface area contributed by atoms with Crippen LogP contribution >= 0.6 is 0 Å². The lowest BCUT2D eigenvalue weighted by Gasteiger charge is -2.17. The van der Waals surface area contributed by atoms with Crippen molar-refractivity contribution < 1.29 is 14.9 Å². The quantitative estimate of drug-likeness (QED) is 0.379. The van der Waals surface area contributed by atoms with E-state index in [4.69, 9.17) is 9.62 Å². The van der Waals surface area contributed by atoms with Crippen LogP contribution in [0.5, 0.6) is 11.5 Å². The standard InChI is InChI=1S/C24H22O3/c1-4-18-6-10-20(11-7-18)24(27-25)21-12-15-23(17(3)16-21)26-22-13-8-19(5-2)9-14-22/h4-16,24-25H,1-2H2,3H3. The molecule has 3 aromatic carbocycles. The number of hydrogen-bond donors (Lipinski definition) is 1. The van der Waals surface area contributed by atoms with Gasteiger partial charge in [0.05, 0.1) is 0 Å². The van der Waals surface area contributed by atoms with Crippen LogP contribution in [0, 0.1) is 6.92 Å². The van der Waals surface area contributed by atoms with Crippen molar-refractivity contribution in [2.75, 3.05) is 0 Å². The van der Waals surface area contributed by atoms with Gasteiger partial charge in [0.2, 0.25) is 0 Å². The van der Waals surface area contributed by atoms with Crippen molar-refractivity contribution in [1.82, 2.24) is 0 Å². The average molecular weight is 358 g/mol. The average Bonchev–Trinajstić information content (AvgIpc) is 2.71. The first kappa shape index (κ1) is 18.6. The summed E-state index contributed by atoms with van der Waals surface area (Å²) in [5.74, 6) is 1.51. The zero-order valence-corrected chi connectivity index (χ0v) is 15.3. The minimum Gasteiger partial charge on any atom is -0.457 e. The molecule has 1 atom stereocenters. The van der Waals surface area contributed by atoms with Crippen molar-refractivity contribution in [2.24, 2.45) is 0 Å². The normalized spacial score (nSPS) is 11.6. The van der Waals surface area contributed by atoms with E-state index in [1.807, 2.05) is 73.7 Å². The molecule has 0 saturated carbocycles. The van der Waals surface area contributed by atoms with Gasteiger partial charge < -0.3 is 4.74 Å². The summed E-state index contributed by atoms with van der Waals surface area (Å²) in [6.45, 7) is 9.46. The van der Waals surface area contributed by atoms with Gasteiger partial charge in [0.15, 0.2) is 0 Å². The Balaban J connectivity index is 1.83. The Labute approximate surface area is 159 Å². The van der Waals surface area contributed by atoms with Gasteiger partial charge in [0.25, 0.3) is 0 Å². The fourth-order valence-electron chi connectivity index (χ4n) is 2.87. The number of benzene rings is 3. The summed E-state index contributed by atoms with van der Waals surface area (Å²) >= 11 is 0. The van der Waals surface area contributed by atoms with Crippen LogP contribution in [0.25, 0.3) is 12.2 Å². The molecule has 136 valence electrons. The number of rotatable bonds is 7. The monoisotopic (exact) mass is 358 g/mol. The Morgan fingerprint density at radius 1 is 0.815 bits per heavy atom. The first-order chi connectivity index (χ1) is 13.1.